The fraction of sp³-hybridized carbons (Fsp3) is 0.519. The van der Waals surface area contributed by atoms with E-state index in [1.807, 2.05) is 0 Å². The highest BCUT2D eigenvalue weighted by atomic mass is 35.5. The van der Waals surface area contributed by atoms with Gasteiger partial charge in [-0.1, -0.05) is 44.5 Å². The van der Waals surface area contributed by atoms with Crippen LogP contribution in [0.15, 0.2) is 46.3 Å². The molecular formula is C27H36ClF3N6O2S. The summed E-state index contributed by atoms with van der Waals surface area (Å²) < 4.78 is 70.5. The Kier molecular flexibility index (Phi) is 8.51. The van der Waals surface area contributed by atoms with E-state index in [2.05, 4.69) is 41.9 Å². The van der Waals surface area contributed by atoms with Crippen LogP contribution in [0.4, 0.5) is 13.2 Å². The number of halogens is 4. The van der Waals surface area contributed by atoms with Crippen molar-refractivity contribution in [1.29, 1.82) is 0 Å². The first-order valence-electron chi connectivity index (χ1n) is 13.1. The molecule has 1 fully saturated rings. The second-order valence-electron chi connectivity index (χ2n) is 11.7. The normalized spacial score (nSPS) is 23.0. The number of benzene rings is 2. The minimum absolute atomic E-state index is 0.0418. The SMILES string of the molecule is CC(C)(C)CCC(C1CCCNC1)S(=O)(=O)c1ccc(-c2c(Cl)cc(C3(N)N=C(N)NN3)cc2C(F)(F)F)cc1. The molecule has 2 aromatic rings. The van der Waals surface area contributed by atoms with Crippen LogP contribution in [-0.2, 0) is 21.8 Å². The van der Waals surface area contributed by atoms with Gasteiger partial charge in [0.15, 0.2) is 9.84 Å². The molecule has 2 aliphatic rings. The van der Waals surface area contributed by atoms with E-state index in [1.54, 1.807) is 0 Å². The second kappa shape index (κ2) is 11.1. The molecule has 2 aromatic carbocycles. The Balaban J connectivity index is 1.72. The molecule has 3 atom stereocenters. The summed E-state index contributed by atoms with van der Waals surface area (Å²) in [7, 11) is -3.76. The first kappa shape index (κ1) is 30.6. The van der Waals surface area contributed by atoms with Crippen molar-refractivity contribution in [2.24, 2.45) is 27.8 Å². The molecule has 0 amide bonds. The monoisotopic (exact) mass is 600 g/mol. The molecule has 1 saturated heterocycles. The highest BCUT2D eigenvalue weighted by Gasteiger charge is 2.40. The van der Waals surface area contributed by atoms with Gasteiger partial charge in [0.05, 0.1) is 15.7 Å². The highest BCUT2D eigenvalue weighted by Crippen LogP contribution is 2.43. The van der Waals surface area contributed by atoms with Crippen LogP contribution < -0.4 is 27.6 Å². The molecular weight excluding hydrogens is 565 g/mol. The van der Waals surface area contributed by atoms with Crippen molar-refractivity contribution in [3.63, 3.8) is 0 Å². The summed E-state index contributed by atoms with van der Waals surface area (Å²) in [5, 5.41) is 2.49. The maximum atomic E-state index is 14.2. The van der Waals surface area contributed by atoms with E-state index >= 15 is 0 Å². The lowest BCUT2D eigenvalue weighted by Crippen LogP contribution is -2.50. The Morgan fingerprint density at radius 2 is 1.85 bits per heavy atom. The number of alkyl halides is 3. The molecule has 4 rings (SSSR count). The second-order valence-corrected chi connectivity index (χ2v) is 14.3. The summed E-state index contributed by atoms with van der Waals surface area (Å²) in [6, 6.07) is 7.62. The minimum atomic E-state index is -4.79. The molecule has 3 unspecified atom stereocenters. The van der Waals surface area contributed by atoms with E-state index in [0.717, 1.165) is 31.9 Å². The van der Waals surface area contributed by atoms with Crippen molar-refractivity contribution in [3.8, 4) is 11.1 Å². The fourth-order valence-corrected chi connectivity index (χ4v) is 7.65. The van der Waals surface area contributed by atoms with Crippen molar-refractivity contribution in [3.05, 3.63) is 52.5 Å². The predicted octanol–water partition coefficient (Wildman–Crippen LogP) is 4.49. The van der Waals surface area contributed by atoms with E-state index in [1.165, 1.54) is 30.3 Å². The Bertz CT molecular complexity index is 1370. The van der Waals surface area contributed by atoms with Crippen LogP contribution in [0.25, 0.3) is 11.1 Å². The molecule has 0 saturated carbocycles. The zero-order valence-corrected chi connectivity index (χ0v) is 24.3. The van der Waals surface area contributed by atoms with Gasteiger partial charge in [0.1, 0.15) is 0 Å². The fourth-order valence-electron chi connectivity index (χ4n) is 5.29. The smallest absolute Gasteiger partial charge is 0.369 e. The number of hydrogen-bond donors (Lipinski definition) is 5. The van der Waals surface area contributed by atoms with E-state index in [4.69, 9.17) is 23.1 Å². The summed E-state index contributed by atoms with van der Waals surface area (Å²) in [5.41, 5.74) is 15.4. The number of hydrazine groups is 1. The van der Waals surface area contributed by atoms with Crippen LogP contribution >= 0.6 is 11.6 Å². The summed E-state index contributed by atoms with van der Waals surface area (Å²) in [5.74, 6) is -1.88. The molecule has 0 spiro atoms. The van der Waals surface area contributed by atoms with Gasteiger partial charge in [0.2, 0.25) is 11.7 Å². The molecule has 0 bridgehead atoms. The van der Waals surface area contributed by atoms with Crippen molar-refractivity contribution >= 4 is 27.4 Å². The van der Waals surface area contributed by atoms with Gasteiger partial charge >= 0.3 is 6.18 Å². The first-order chi connectivity index (χ1) is 18.5. The topological polar surface area (TPSA) is 135 Å². The van der Waals surface area contributed by atoms with Crippen molar-refractivity contribution in [2.45, 2.75) is 68.6 Å². The molecule has 13 heteroatoms. The van der Waals surface area contributed by atoms with Crippen LogP contribution in [0.3, 0.4) is 0 Å². The molecule has 2 heterocycles. The van der Waals surface area contributed by atoms with Gasteiger partial charge in [0.25, 0.3) is 0 Å². The zero-order valence-electron chi connectivity index (χ0n) is 22.7. The minimum Gasteiger partial charge on any atom is -0.369 e. The number of aliphatic imine (C=N–C) groups is 1. The number of nitrogens with one attached hydrogen (secondary N) is 3. The molecule has 0 radical (unpaired) electrons. The van der Waals surface area contributed by atoms with Crippen LogP contribution in [0.5, 0.6) is 0 Å². The average molecular weight is 601 g/mol. The maximum Gasteiger partial charge on any atom is 0.417 e. The Hall–Kier alpha value is -2.38. The lowest BCUT2D eigenvalue weighted by atomic mass is 9.86. The van der Waals surface area contributed by atoms with Crippen LogP contribution in [-0.4, -0.2) is 32.7 Å². The molecule has 0 aromatic heterocycles. The van der Waals surface area contributed by atoms with E-state index in [-0.39, 0.29) is 43.9 Å². The van der Waals surface area contributed by atoms with Crippen molar-refractivity contribution in [1.82, 2.24) is 16.2 Å². The summed E-state index contributed by atoms with van der Waals surface area (Å²) >= 11 is 6.41. The van der Waals surface area contributed by atoms with Crippen molar-refractivity contribution < 1.29 is 21.6 Å². The molecule has 40 heavy (non-hydrogen) atoms. The Labute approximate surface area is 238 Å². The van der Waals surface area contributed by atoms with Gasteiger partial charge in [-0.3, -0.25) is 11.2 Å². The van der Waals surface area contributed by atoms with Crippen LogP contribution in [0.2, 0.25) is 5.02 Å². The number of piperidine rings is 1. The summed E-state index contributed by atoms with van der Waals surface area (Å²) in [6.07, 6.45) is -1.86. The Morgan fingerprint density at radius 3 is 2.38 bits per heavy atom. The zero-order chi connectivity index (χ0) is 29.5. The van der Waals surface area contributed by atoms with Gasteiger partial charge in [-0.15, -0.1) is 0 Å². The van der Waals surface area contributed by atoms with Crippen LogP contribution in [0, 0.1) is 11.3 Å². The number of guanidine groups is 1. The number of nitrogens with two attached hydrogens (primary N) is 2. The summed E-state index contributed by atoms with van der Waals surface area (Å²) in [6.45, 7) is 7.70. The van der Waals surface area contributed by atoms with Gasteiger partial charge < -0.3 is 11.1 Å². The molecule has 220 valence electrons. The molecule has 7 N–H and O–H groups in total. The highest BCUT2D eigenvalue weighted by molar-refractivity contribution is 7.92. The largest absolute Gasteiger partial charge is 0.417 e. The van der Waals surface area contributed by atoms with Gasteiger partial charge in [0, 0.05) is 16.1 Å². The third-order valence-electron chi connectivity index (χ3n) is 7.42. The van der Waals surface area contributed by atoms with E-state index in [0.29, 0.717) is 13.0 Å². The number of rotatable bonds is 7. The standard InChI is InChI=1S/C27H36ClF3N6O2S/c1-25(2,3)11-10-22(17-5-4-12-34-15-17)40(38,39)19-8-6-16(7-9-19)23-20(26(29,30)31)13-18(14-21(23)28)27(33)35-24(32)36-37-27/h6-9,13-14,17,22,34,37H,4-5,10-12,15,33H2,1-3H3,(H3,32,35,36). The third-order valence-corrected chi connectivity index (χ3v) is 10.1. The van der Waals surface area contributed by atoms with Crippen LogP contribution in [0.1, 0.15) is 57.6 Å². The molecule has 8 nitrogen and oxygen atoms in total. The van der Waals surface area contributed by atoms with E-state index in [9.17, 15) is 21.6 Å². The van der Waals surface area contributed by atoms with Gasteiger partial charge in [-0.2, -0.15) is 18.6 Å². The van der Waals surface area contributed by atoms with Gasteiger partial charge in [-0.25, -0.2) is 13.4 Å². The summed E-state index contributed by atoms with van der Waals surface area (Å²) in [4.78, 5) is 4.01. The Morgan fingerprint density at radius 1 is 1.18 bits per heavy atom. The quantitative estimate of drug-likeness (QED) is 0.316. The third kappa shape index (κ3) is 6.57. The molecule has 0 aliphatic carbocycles. The lowest BCUT2D eigenvalue weighted by molar-refractivity contribution is -0.137. The number of hydrogen-bond acceptors (Lipinski definition) is 8. The predicted molar refractivity (Wildman–Crippen MR) is 151 cm³/mol. The van der Waals surface area contributed by atoms with Gasteiger partial charge in [-0.05, 0) is 79.9 Å². The van der Waals surface area contributed by atoms with E-state index < -0.39 is 32.6 Å². The molecule has 2 aliphatic heterocycles. The number of sulfone groups is 1. The van der Waals surface area contributed by atoms with Crippen molar-refractivity contribution in [2.75, 3.05) is 13.1 Å². The average Bonchev–Trinajstić information content (AvgIpc) is 3.22. The first-order valence-corrected chi connectivity index (χ1v) is 15.1. The number of nitrogens with zero attached hydrogens (tertiary/aromatic N) is 1. The maximum absolute atomic E-state index is 14.2. The lowest BCUT2D eigenvalue weighted by Gasteiger charge is -2.32.